The van der Waals surface area contributed by atoms with Crippen molar-refractivity contribution < 1.29 is 14.0 Å². The zero-order valence-electron chi connectivity index (χ0n) is 15.9. The highest BCUT2D eigenvalue weighted by Crippen LogP contribution is 2.38. The molecule has 0 aliphatic carbocycles. The van der Waals surface area contributed by atoms with E-state index in [1.54, 1.807) is 0 Å². The van der Waals surface area contributed by atoms with Crippen LogP contribution in [0.2, 0.25) is 0 Å². The van der Waals surface area contributed by atoms with Crippen LogP contribution in [0.25, 0.3) is 0 Å². The lowest BCUT2D eigenvalue weighted by atomic mass is 9.79. The number of halogens is 1. The Morgan fingerprint density at radius 3 is 2.50 bits per heavy atom. The summed E-state index contributed by atoms with van der Waals surface area (Å²) in [5.74, 6) is -3.27. The Balaban J connectivity index is 1.73. The molecule has 2 amide bonds. The molecular formula is C20H19FN6O3. The quantitative estimate of drug-likeness (QED) is 0.683. The van der Waals surface area contributed by atoms with Gasteiger partial charge in [-0.05, 0) is 30.5 Å². The molecule has 1 fully saturated rings. The van der Waals surface area contributed by atoms with Crippen LogP contribution in [-0.4, -0.2) is 34.9 Å². The number of amides is 2. The average molecular weight is 410 g/mol. The zero-order chi connectivity index (χ0) is 21.4. The molecule has 2 aromatic rings. The molecule has 1 aromatic carbocycles. The van der Waals surface area contributed by atoms with Gasteiger partial charge in [0.05, 0.1) is 11.6 Å². The first-order chi connectivity index (χ1) is 14.4. The Kier molecular flexibility index (Phi) is 4.95. The number of carbonyl (C=O) groups is 2. The normalized spacial score (nSPS) is 21.5. The van der Waals surface area contributed by atoms with Gasteiger partial charge in [0.25, 0.3) is 5.56 Å². The number of hydrogen-bond acceptors (Lipinski definition) is 6. The van der Waals surface area contributed by atoms with E-state index in [1.165, 1.54) is 24.3 Å². The fraction of sp³-hybridized carbons (Fsp3) is 0.350. The van der Waals surface area contributed by atoms with Gasteiger partial charge in [-0.1, -0.05) is 12.1 Å². The number of anilines is 2. The van der Waals surface area contributed by atoms with Crippen molar-refractivity contribution in [2.24, 2.45) is 17.6 Å². The van der Waals surface area contributed by atoms with Gasteiger partial charge in [0.1, 0.15) is 17.6 Å². The molecule has 3 heterocycles. The third-order valence-electron chi connectivity index (χ3n) is 5.68. The van der Waals surface area contributed by atoms with Gasteiger partial charge in [0, 0.05) is 24.9 Å². The number of benzene rings is 1. The third kappa shape index (κ3) is 3.39. The number of nitriles is 1. The van der Waals surface area contributed by atoms with E-state index in [-0.39, 0.29) is 29.2 Å². The molecule has 10 heteroatoms. The second-order valence-corrected chi connectivity index (χ2v) is 7.44. The number of primary amides is 1. The number of fused-ring (bicyclic) bond motifs is 1. The van der Waals surface area contributed by atoms with Crippen LogP contribution in [0.3, 0.4) is 0 Å². The van der Waals surface area contributed by atoms with Crippen molar-refractivity contribution in [2.75, 3.05) is 23.3 Å². The van der Waals surface area contributed by atoms with Crippen LogP contribution in [-0.2, 0) is 9.59 Å². The van der Waals surface area contributed by atoms with Gasteiger partial charge in [-0.3, -0.25) is 19.4 Å². The molecule has 0 bridgehead atoms. The van der Waals surface area contributed by atoms with Crippen molar-refractivity contribution >= 4 is 23.6 Å². The van der Waals surface area contributed by atoms with E-state index in [2.05, 4.69) is 15.3 Å². The maximum Gasteiger partial charge on any atom is 0.258 e. The molecule has 4 N–H and O–H groups in total. The maximum atomic E-state index is 13.4. The summed E-state index contributed by atoms with van der Waals surface area (Å²) in [7, 11) is 0. The van der Waals surface area contributed by atoms with E-state index >= 15 is 0 Å². The van der Waals surface area contributed by atoms with Crippen LogP contribution in [0, 0.1) is 29.0 Å². The fourth-order valence-electron chi connectivity index (χ4n) is 4.05. The van der Waals surface area contributed by atoms with Gasteiger partial charge in [-0.25, -0.2) is 4.39 Å². The first kappa shape index (κ1) is 19.6. The monoisotopic (exact) mass is 410 g/mol. The molecule has 154 valence electrons. The van der Waals surface area contributed by atoms with Crippen LogP contribution in [0.4, 0.5) is 16.2 Å². The van der Waals surface area contributed by atoms with Crippen molar-refractivity contribution in [1.29, 1.82) is 5.26 Å². The number of hydrogen-bond donors (Lipinski definition) is 3. The van der Waals surface area contributed by atoms with Crippen LogP contribution in [0.1, 0.15) is 29.9 Å². The highest BCUT2D eigenvalue weighted by Gasteiger charge is 2.40. The summed E-state index contributed by atoms with van der Waals surface area (Å²) in [5.41, 5.74) is 5.50. The van der Waals surface area contributed by atoms with Crippen LogP contribution >= 0.6 is 0 Å². The first-order valence-electron chi connectivity index (χ1n) is 9.53. The van der Waals surface area contributed by atoms with E-state index in [0.717, 1.165) is 0 Å². The van der Waals surface area contributed by atoms with Crippen molar-refractivity contribution in [1.82, 2.24) is 9.97 Å². The van der Waals surface area contributed by atoms with Gasteiger partial charge in [0.15, 0.2) is 0 Å². The molecule has 4 rings (SSSR count). The summed E-state index contributed by atoms with van der Waals surface area (Å²) in [5, 5.41) is 12.1. The highest BCUT2D eigenvalue weighted by atomic mass is 19.1. The number of rotatable bonds is 3. The summed E-state index contributed by atoms with van der Waals surface area (Å²) < 4.78 is 13.4. The lowest BCUT2D eigenvalue weighted by Gasteiger charge is -2.33. The Morgan fingerprint density at radius 2 is 1.90 bits per heavy atom. The summed E-state index contributed by atoms with van der Waals surface area (Å²) >= 11 is 0. The molecule has 1 saturated heterocycles. The minimum absolute atomic E-state index is 0.0802. The largest absolute Gasteiger partial charge is 0.369 e. The fourth-order valence-corrected chi connectivity index (χ4v) is 4.05. The average Bonchev–Trinajstić information content (AvgIpc) is 2.73. The van der Waals surface area contributed by atoms with E-state index < -0.39 is 29.1 Å². The molecule has 0 saturated carbocycles. The van der Waals surface area contributed by atoms with Crippen LogP contribution in [0.5, 0.6) is 0 Å². The molecule has 0 radical (unpaired) electrons. The predicted molar refractivity (Wildman–Crippen MR) is 105 cm³/mol. The van der Waals surface area contributed by atoms with E-state index in [9.17, 15) is 24.0 Å². The predicted octanol–water partition coefficient (Wildman–Crippen LogP) is 0.834. The van der Waals surface area contributed by atoms with Crippen LogP contribution < -0.4 is 21.5 Å². The number of nitrogens with two attached hydrogens (primary N) is 1. The van der Waals surface area contributed by atoms with Crippen LogP contribution in [0.15, 0.2) is 29.1 Å². The summed E-state index contributed by atoms with van der Waals surface area (Å²) in [6.45, 7) is 0.955. The van der Waals surface area contributed by atoms with Gasteiger partial charge < -0.3 is 16.0 Å². The number of aromatic amines is 1. The van der Waals surface area contributed by atoms with Crippen molar-refractivity contribution in [3.63, 3.8) is 0 Å². The van der Waals surface area contributed by atoms with Gasteiger partial charge in [0.2, 0.25) is 17.8 Å². The number of nitrogens with zero attached hydrogens (tertiary/aromatic N) is 3. The summed E-state index contributed by atoms with van der Waals surface area (Å²) in [6.07, 6.45) is 1.08. The Bertz CT molecular complexity index is 1100. The lowest BCUT2D eigenvalue weighted by molar-refractivity contribution is -0.122. The summed E-state index contributed by atoms with van der Waals surface area (Å²) in [6, 6.07) is 7.28. The number of nitrogens with one attached hydrogen (secondary N) is 2. The van der Waals surface area contributed by atoms with Gasteiger partial charge >= 0.3 is 0 Å². The van der Waals surface area contributed by atoms with E-state index in [0.29, 0.717) is 31.5 Å². The molecule has 9 nitrogen and oxygen atoms in total. The minimum atomic E-state index is -1.15. The number of piperidine rings is 1. The van der Waals surface area contributed by atoms with Gasteiger partial charge in [-0.15, -0.1) is 0 Å². The first-order valence-corrected chi connectivity index (χ1v) is 9.53. The van der Waals surface area contributed by atoms with Crippen molar-refractivity contribution in [3.8, 4) is 6.07 Å². The maximum absolute atomic E-state index is 13.4. The summed E-state index contributed by atoms with van der Waals surface area (Å²) in [4.78, 5) is 45.8. The SMILES string of the molecule is N#CC1C(=O)Nc2nc(N3CCC(C(N)=O)CC3)[nH]c(=O)c2C1c1ccc(F)cc1. The zero-order valence-corrected chi connectivity index (χ0v) is 15.9. The topological polar surface area (TPSA) is 145 Å². The number of H-pyrrole nitrogens is 1. The molecule has 2 aliphatic rings. The molecule has 2 unspecified atom stereocenters. The molecule has 2 aliphatic heterocycles. The lowest BCUT2D eigenvalue weighted by Crippen LogP contribution is -2.42. The number of aromatic nitrogens is 2. The Morgan fingerprint density at radius 1 is 1.23 bits per heavy atom. The molecule has 1 aromatic heterocycles. The second kappa shape index (κ2) is 7.59. The Hall–Kier alpha value is -3.74. The molecular weight excluding hydrogens is 391 g/mol. The van der Waals surface area contributed by atoms with Crippen molar-refractivity contribution in [2.45, 2.75) is 18.8 Å². The second-order valence-electron chi connectivity index (χ2n) is 7.44. The van der Waals surface area contributed by atoms with E-state index in [1.807, 2.05) is 11.0 Å². The third-order valence-corrected chi connectivity index (χ3v) is 5.68. The van der Waals surface area contributed by atoms with E-state index in [4.69, 9.17) is 5.73 Å². The minimum Gasteiger partial charge on any atom is -0.369 e. The van der Waals surface area contributed by atoms with Crippen molar-refractivity contribution in [3.05, 3.63) is 51.6 Å². The Labute approximate surface area is 170 Å². The number of carbonyl (C=O) groups excluding carboxylic acids is 2. The molecule has 2 atom stereocenters. The standard InChI is InChI=1S/C20H19FN6O3/c21-12-3-1-10(2-4-12)14-13(9-22)18(29)24-17-15(14)19(30)26-20(25-17)27-7-5-11(6-8-27)16(23)28/h1-4,11,13-14H,5-8H2,(H2,23,28)(H2,24,25,26,29,30). The molecule has 0 spiro atoms. The highest BCUT2D eigenvalue weighted by molar-refractivity contribution is 5.98. The smallest absolute Gasteiger partial charge is 0.258 e. The van der Waals surface area contributed by atoms with Gasteiger partial charge in [-0.2, -0.15) is 10.2 Å². The molecule has 30 heavy (non-hydrogen) atoms.